The molecule has 1 fully saturated rings. The number of benzene rings is 1. The molecule has 2 aliphatic heterocycles. The Bertz CT molecular complexity index is 734. The zero-order valence-corrected chi connectivity index (χ0v) is 15.8. The van der Waals surface area contributed by atoms with Crippen LogP contribution in [0.5, 0.6) is 5.75 Å². The van der Waals surface area contributed by atoms with Gasteiger partial charge in [0, 0.05) is 24.2 Å². The molecule has 0 unspecified atom stereocenters. The van der Waals surface area contributed by atoms with Crippen LogP contribution in [0, 0.1) is 0 Å². The van der Waals surface area contributed by atoms with Crippen molar-refractivity contribution < 1.29 is 23.9 Å². The van der Waals surface area contributed by atoms with Crippen molar-refractivity contribution in [1.29, 1.82) is 0 Å². The predicted octanol–water partition coefficient (Wildman–Crippen LogP) is 1.80. The molecule has 1 N–H and O–H groups in total. The first-order valence-corrected chi connectivity index (χ1v) is 9.30. The second kappa shape index (κ2) is 8.47. The van der Waals surface area contributed by atoms with Crippen LogP contribution in [0.25, 0.3) is 0 Å². The van der Waals surface area contributed by atoms with Gasteiger partial charge in [0.2, 0.25) is 5.91 Å². The normalized spacial score (nSPS) is 17.2. The van der Waals surface area contributed by atoms with Gasteiger partial charge in [-0.05, 0) is 38.0 Å². The molecule has 27 heavy (non-hydrogen) atoms. The van der Waals surface area contributed by atoms with E-state index < -0.39 is 5.97 Å². The Morgan fingerprint density at radius 2 is 2.07 bits per heavy atom. The van der Waals surface area contributed by atoms with Crippen molar-refractivity contribution in [3.63, 3.8) is 0 Å². The van der Waals surface area contributed by atoms with E-state index in [1.165, 1.54) is 0 Å². The Labute approximate surface area is 162 Å². The molecule has 8 nitrogen and oxygen atoms in total. The van der Waals surface area contributed by atoms with Crippen LogP contribution in [-0.2, 0) is 14.3 Å². The molecule has 146 valence electrons. The highest BCUT2D eigenvalue weighted by Crippen LogP contribution is 2.34. The lowest BCUT2D eigenvalue weighted by Crippen LogP contribution is -2.50. The summed E-state index contributed by atoms with van der Waals surface area (Å²) in [6, 6.07) is 4.91. The van der Waals surface area contributed by atoms with Crippen LogP contribution in [0.2, 0.25) is 5.02 Å². The highest BCUT2D eigenvalue weighted by molar-refractivity contribution is 6.31. The Hall–Kier alpha value is -2.48. The van der Waals surface area contributed by atoms with Gasteiger partial charge in [0.15, 0.2) is 5.75 Å². The summed E-state index contributed by atoms with van der Waals surface area (Å²) in [5, 5.41) is 3.48. The summed E-state index contributed by atoms with van der Waals surface area (Å²) in [7, 11) is 0. The average molecular weight is 396 g/mol. The first-order valence-electron chi connectivity index (χ1n) is 8.92. The molecule has 0 bridgehead atoms. The number of esters is 1. The van der Waals surface area contributed by atoms with E-state index >= 15 is 0 Å². The molecule has 0 aromatic heterocycles. The topological polar surface area (TPSA) is 88.2 Å². The van der Waals surface area contributed by atoms with Gasteiger partial charge in [0.05, 0.1) is 18.8 Å². The van der Waals surface area contributed by atoms with E-state index in [0.717, 1.165) is 0 Å². The summed E-state index contributed by atoms with van der Waals surface area (Å²) in [5.41, 5.74) is 0.620. The number of nitrogens with zero attached hydrogens (tertiary/aromatic N) is 2. The Balaban J connectivity index is 1.54. The summed E-state index contributed by atoms with van der Waals surface area (Å²) in [6.07, 6.45) is 1.01. The number of amides is 2. The maximum atomic E-state index is 12.5. The summed E-state index contributed by atoms with van der Waals surface area (Å²) in [4.78, 5) is 39.2. The van der Waals surface area contributed by atoms with Crippen molar-refractivity contribution in [2.75, 3.05) is 37.7 Å². The van der Waals surface area contributed by atoms with Crippen molar-refractivity contribution in [2.24, 2.45) is 0 Å². The zero-order chi connectivity index (χ0) is 19.4. The van der Waals surface area contributed by atoms with Crippen molar-refractivity contribution in [2.45, 2.75) is 25.8 Å². The number of fused-ring (bicyclic) bond motifs is 1. The lowest BCUT2D eigenvalue weighted by atomic mass is 10.1. The van der Waals surface area contributed by atoms with Gasteiger partial charge in [0.1, 0.15) is 6.54 Å². The first kappa shape index (κ1) is 19.3. The standard InChI is InChI=1S/C18H22ClN3O5/c1-2-26-18(25)21-7-5-13(6-8-21)20-16(23)10-22-11-17(24)27-15-4-3-12(19)9-14(15)22/h3-4,9,13H,2,5-8,10-11H2,1H3,(H,20,23). The molecule has 0 aliphatic carbocycles. The number of carbonyl (C=O) groups excluding carboxylic acids is 3. The summed E-state index contributed by atoms with van der Waals surface area (Å²) in [6.45, 7) is 3.21. The number of carbonyl (C=O) groups is 3. The molecule has 0 spiro atoms. The number of rotatable bonds is 4. The minimum absolute atomic E-state index is 0.0118. The van der Waals surface area contributed by atoms with E-state index in [2.05, 4.69) is 5.32 Å². The van der Waals surface area contributed by atoms with Gasteiger partial charge in [-0.3, -0.25) is 4.79 Å². The highest BCUT2D eigenvalue weighted by atomic mass is 35.5. The van der Waals surface area contributed by atoms with Crippen molar-refractivity contribution in [3.05, 3.63) is 23.2 Å². The highest BCUT2D eigenvalue weighted by Gasteiger charge is 2.28. The van der Waals surface area contributed by atoms with E-state index in [0.29, 0.717) is 49.0 Å². The van der Waals surface area contributed by atoms with E-state index in [-0.39, 0.29) is 31.1 Å². The number of likely N-dealkylation sites (tertiary alicyclic amines) is 1. The molecule has 9 heteroatoms. The molecular formula is C18H22ClN3O5. The molecule has 3 rings (SSSR count). The fourth-order valence-corrected chi connectivity index (χ4v) is 3.40. The number of hydrogen-bond donors (Lipinski definition) is 1. The van der Waals surface area contributed by atoms with Gasteiger partial charge in [0.25, 0.3) is 0 Å². The average Bonchev–Trinajstić information content (AvgIpc) is 2.63. The molecule has 2 amide bonds. The summed E-state index contributed by atoms with van der Waals surface area (Å²) in [5.74, 6) is -0.211. The fraction of sp³-hybridized carbons (Fsp3) is 0.500. The lowest BCUT2D eigenvalue weighted by molar-refractivity contribution is -0.133. The maximum Gasteiger partial charge on any atom is 0.409 e. The maximum absolute atomic E-state index is 12.5. The smallest absolute Gasteiger partial charge is 0.409 e. The minimum atomic E-state index is -0.416. The number of nitrogens with one attached hydrogen (secondary N) is 1. The largest absolute Gasteiger partial charge is 0.450 e. The summed E-state index contributed by atoms with van der Waals surface area (Å²) >= 11 is 6.02. The second-order valence-electron chi connectivity index (χ2n) is 6.47. The third-order valence-corrected chi connectivity index (χ3v) is 4.76. The van der Waals surface area contributed by atoms with E-state index in [9.17, 15) is 14.4 Å². The lowest BCUT2D eigenvalue weighted by Gasteiger charge is -2.33. The van der Waals surface area contributed by atoms with Crippen LogP contribution in [0.4, 0.5) is 10.5 Å². The third kappa shape index (κ3) is 4.82. The van der Waals surface area contributed by atoms with Gasteiger partial charge in [-0.15, -0.1) is 0 Å². The minimum Gasteiger partial charge on any atom is -0.450 e. The van der Waals surface area contributed by atoms with Crippen LogP contribution >= 0.6 is 11.6 Å². The van der Waals surface area contributed by atoms with Gasteiger partial charge >= 0.3 is 12.1 Å². The molecule has 1 saturated heterocycles. The number of halogens is 1. The van der Waals surface area contributed by atoms with Crippen molar-refractivity contribution in [3.8, 4) is 5.75 Å². The van der Waals surface area contributed by atoms with Crippen LogP contribution in [0.3, 0.4) is 0 Å². The van der Waals surface area contributed by atoms with Crippen LogP contribution in [0.1, 0.15) is 19.8 Å². The number of ether oxygens (including phenoxy) is 2. The van der Waals surface area contributed by atoms with Crippen LogP contribution in [0.15, 0.2) is 18.2 Å². The third-order valence-electron chi connectivity index (χ3n) is 4.53. The Kier molecular flexibility index (Phi) is 6.05. The molecule has 0 radical (unpaired) electrons. The van der Waals surface area contributed by atoms with E-state index in [4.69, 9.17) is 21.1 Å². The Morgan fingerprint density at radius 1 is 1.33 bits per heavy atom. The zero-order valence-electron chi connectivity index (χ0n) is 15.1. The van der Waals surface area contributed by atoms with Crippen LogP contribution in [-0.4, -0.2) is 61.7 Å². The van der Waals surface area contributed by atoms with Gasteiger partial charge in [-0.25, -0.2) is 9.59 Å². The van der Waals surface area contributed by atoms with E-state index in [1.54, 1.807) is 34.9 Å². The van der Waals surface area contributed by atoms with Gasteiger partial charge in [-0.2, -0.15) is 0 Å². The fourth-order valence-electron chi connectivity index (χ4n) is 3.23. The predicted molar refractivity (Wildman–Crippen MR) is 99.1 cm³/mol. The van der Waals surface area contributed by atoms with Crippen LogP contribution < -0.4 is 15.0 Å². The molecule has 0 atom stereocenters. The summed E-state index contributed by atoms with van der Waals surface area (Å²) < 4.78 is 10.2. The monoisotopic (exact) mass is 395 g/mol. The number of hydrogen-bond acceptors (Lipinski definition) is 6. The second-order valence-corrected chi connectivity index (χ2v) is 6.91. The first-order chi connectivity index (χ1) is 13.0. The molecular weight excluding hydrogens is 374 g/mol. The molecule has 2 heterocycles. The quantitative estimate of drug-likeness (QED) is 0.617. The SMILES string of the molecule is CCOC(=O)N1CCC(NC(=O)CN2CC(=O)Oc3ccc(Cl)cc32)CC1. The Morgan fingerprint density at radius 3 is 2.78 bits per heavy atom. The molecule has 1 aromatic rings. The molecule has 2 aliphatic rings. The number of piperidine rings is 1. The molecule has 1 aromatic carbocycles. The van der Waals surface area contributed by atoms with Gasteiger partial charge in [-0.1, -0.05) is 11.6 Å². The van der Waals surface area contributed by atoms with Gasteiger partial charge < -0.3 is 24.6 Å². The van der Waals surface area contributed by atoms with Crippen molar-refractivity contribution in [1.82, 2.24) is 10.2 Å². The van der Waals surface area contributed by atoms with E-state index in [1.807, 2.05) is 0 Å². The van der Waals surface area contributed by atoms with Crippen molar-refractivity contribution >= 4 is 35.3 Å². The number of anilines is 1. The molecule has 0 saturated carbocycles.